The Morgan fingerprint density at radius 2 is 1.92 bits per heavy atom. The molecule has 25 heavy (non-hydrogen) atoms. The first-order valence-electron chi connectivity index (χ1n) is 7.09. The Morgan fingerprint density at radius 3 is 2.52 bits per heavy atom. The number of rotatable bonds is 6. The number of phenolic OH excluding ortho intramolecular Hbond substituents is 2. The summed E-state index contributed by atoms with van der Waals surface area (Å²) >= 11 is 0. The molecule has 3 N–H and O–H groups in total. The number of aromatic hydroxyl groups is 2. The van der Waals surface area contributed by atoms with E-state index in [-0.39, 0.29) is 23.8 Å². The van der Waals surface area contributed by atoms with E-state index in [1.54, 1.807) is 6.92 Å². The number of nitro benzene ring substituents is 1. The van der Waals surface area contributed by atoms with Crippen LogP contribution < -0.4 is 10.2 Å². The summed E-state index contributed by atoms with van der Waals surface area (Å²) < 4.78 is 5.19. The molecule has 0 saturated carbocycles. The van der Waals surface area contributed by atoms with Gasteiger partial charge in [-0.1, -0.05) is 0 Å². The minimum Gasteiger partial charge on any atom is -0.508 e. The van der Waals surface area contributed by atoms with Gasteiger partial charge >= 0.3 is 0 Å². The van der Waals surface area contributed by atoms with E-state index in [4.69, 9.17) is 4.74 Å². The molecule has 0 saturated heterocycles. The third-order valence-electron chi connectivity index (χ3n) is 3.14. The number of amides is 1. The summed E-state index contributed by atoms with van der Waals surface area (Å²) in [5.41, 5.74) is 2.88. The molecule has 0 aliphatic carbocycles. The Hall–Kier alpha value is -3.62. The number of carbonyl (C=O) groups is 1. The molecule has 0 radical (unpaired) electrons. The zero-order valence-corrected chi connectivity index (χ0v) is 13.2. The predicted molar refractivity (Wildman–Crippen MR) is 88.7 cm³/mol. The standard InChI is InChI=1S/C16H15N3O6/c1-10(14-7-4-12(20)8-15(14)21)17-18-16(22)9-25-13-5-2-11(3-6-13)19(23)24/h2-8,20-21H,9H2,1H3,(H,18,22). The topological polar surface area (TPSA) is 134 Å². The molecule has 2 aromatic rings. The van der Waals surface area contributed by atoms with Crippen LogP contribution in [0, 0.1) is 10.1 Å². The van der Waals surface area contributed by atoms with Crippen LogP contribution >= 0.6 is 0 Å². The molecule has 0 heterocycles. The van der Waals surface area contributed by atoms with Crippen molar-refractivity contribution in [1.29, 1.82) is 0 Å². The van der Waals surface area contributed by atoms with Crippen molar-refractivity contribution in [3.8, 4) is 17.2 Å². The first kappa shape index (κ1) is 17.7. The van der Waals surface area contributed by atoms with Gasteiger partial charge in [-0.2, -0.15) is 5.10 Å². The molecule has 0 aliphatic rings. The zero-order valence-electron chi connectivity index (χ0n) is 13.2. The Morgan fingerprint density at radius 1 is 1.24 bits per heavy atom. The van der Waals surface area contributed by atoms with Gasteiger partial charge in [0, 0.05) is 23.8 Å². The lowest BCUT2D eigenvalue weighted by atomic mass is 10.1. The fraction of sp³-hybridized carbons (Fsp3) is 0.125. The number of phenols is 2. The largest absolute Gasteiger partial charge is 0.508 e. The lowest BCUT2D eigenvalue weighted by molar-refractivity contribution is -0.384. The van der Waals surface area contributed by atoms with Crippen molar-refractivity contribution in [3.05, 3.63) is 58.1 Å². The van der Waals surface area contributed by atoms with Gasteiger partial charge in [-0.25, -0.2) is 5.43 Å². The maximum absolute atomic E-state index is 11.7. The number of nitro groups is 1. The number of non-ortho nitro benzene ring substituents is 1. The maximum Gasteiger partial charge on any atom is 0.277 e. The van der Waals surface area contributed by atoms with Crippen molar-refractivity contribution in [3.63, 3.8) is 0 Å². The van der Waals surface area contributed by atoms with E-state index in [1.807, 2.05) is 0 Å². The summed E-state index contributed by atoms with van der Waals surface area (Å²) in [7, 11) is 0. The van der Waals surface area contributed by atoms with Gasteiger partial charge in [0.1, 0.15) is 17.2 Å². The van der Waals surface area contributed by atoms with Gasteiger partial charge in [-0.3, -0.25) is 14.9 Å². The summed E-state index contributed by atoms with van der Waals surface area (Å²) in [6.07, 6.45) is 0. The van der Waals surface area contributed by atoms with Gasteiger partial charge in [0.25, 0.3) is 11.6 Å². The molecule has 1 amide bonds. The van der Waals surface area contributed by atoms with Crippen LogP contribution in [0.25, 0.3) is 0 Å². The van der Waals surface area contributed by atoms with Crippen LogP contribution in [0.15, 0.2) is 47.6 Å². The van der Waals surface area contributed by atoms with Gasteiger partial charge in [-0.05, 0) is 31.2 Å². The number of carbonyl (C=O) groups excluding carboxylic acids is 1. The normalized spacial score (nSPS) is 11.0. The minimum atomic E-state index is -0.545. The molecule has 9 nitrogen and oxygen atoms in total. The molecule has 0 atom stereocenters. The fourth-order valence-electron chi connectivity index (χ4n) is 1.88. The fourth-order valence-corrected chi connectivity index (χ4v) is 1.88. The number of hydrogen-bond acceptors (Lipinski definition) is 7. The SMILES string of the molecule is CC(=NNC(=O)COc1ccc([N+](=O)[O-])cc1)c1ccc(O)cc1O. The summed E-state index contributed by atoms with van der Waals surface area (Å²) in [5, 5.41) is 33.3. The summed E-state index contributed by atoms with van der Waals surface area (Å²) in [6.45, 7) is 1.24. The van der Waals surface area contributed by atoms with Crippen LogP contribution in [0.5, 0.6) is 17.2 Å². The number of benzene rings is 2. The number of nitrogens with one attached hydrogen (secondary N) is 1. The Bertz CT molecular complexity index is 817. The average Bonchev–Trinajstić information content (AvgIpc) is 2.58. The molecule has 9 heteroatoms. The molecular weight excluding hydrogens is 330 g/mol. The summed E-state index contributed by atoms with van der Waals surface area (Å²) in [4.78, 5) is 21.7. The first-order valence-corrected chi connectivity index (χ1v) is 7.09. The highest BCUT2D eigenvalue weighted by atomic mass is 16.6. The molecule has 0 aliphatic heterocycles. The second kappa shape index (κ2) is 7.77. The number of ether oxygens (including phenoxy) is 1. The number of nitrogens with zero attached hydrogens (tertiary/aromatic N) is 2. The van der Waals surface area contributed by atoms with Crippen molar-refractivity contribution in [2.75, 3.05) is 6.61 Å². The van der Waals surface area contributed by atoms with Gasteiger partial charge in [0.05, 0.1) is 10.6 Å². The van der Waals surface area contributed by atoms with Crippen molar-refractivity contribution in [1.82, 2.24) is 5.43 Å². The molecule has 0 spiro atoms. The van der Waals surface area contributed by atoms with Crippen LogP contribution in [0.2, 0.25) is 0 Å². The molecule has 2 rings (SSSR count). The van der Waals surface area contributed by atoms with Crippen LogP contribution in [0.3, 0.4) is 0 Å². The number of hydrogen-bond donors (Lipinski definition) is 3. The van der Waals surface area contributed by atoms with Crippen LogP contribution in [-0.4, -0.2) is 33.4 Å². The first-order chi connectivity index (χ1) is 11.9. The summed E-state index contributed by atoms with van der Waals surface area (Å²) in [6, 6.07) is 9.31. The quantitative estimate of drug-likeness (QED) is 0.416. The molecule has 2 aromatic carbocycles. The van der Waals surface area contributed by atoms with Crippen molar-refractivity contribution in [2.45, 2.75) is 6.92 Å². The van der Waals surface area contributed by atoms with E-state index < -0.39 is 10.8 Å². The predicted octanol–water partition coefficient (Wildman–Crippen LogP) is 1.93. The second-order valence-corrected chi connectivity index (χ2v) is 4.97. The van der Waals surface area contributed by atoms with E-state index in [0.29, 0.717) is 17.0 Å². The smallest absolute Gasteiger partial charge is 0.277 e. The van der Waals surface area contributed by atoms with Gasteiger partial charge < -0.3 is 14.9 Å². The van der Waals surface area contributed by atoms with Crippen molar-refractivity contribution < 1.29 is 24.7 Å². The zero-order chi connectivity index (χ0) is 18.4. The van der Waals surface area contributed by atoms with E-state index in [1.165, 1.54) is 36.4 Å². The van der Waals surface area contributed by atoms with E-state index in [9.17, 15) is 25.1 Å². The lowest BCUT2D eigenvalue weighted by Crippen LogP contribution is -2.25. The summed E-state index contributed by atoms with van der Waals surface area (Å²) in [5.74, 6) is -0.499. The molecule has 0 bridgehead atoms. The highest BCUT2D eigenvalue weighted by Crippen LogP contribution is 2.23. The highest BCUT2D eigenvalue weighted by Gasteiger charge is 2.08. The van der Waals surface area contributed by atoms with Crippen LogP contribution in [0.4, 0.5) is 5.69 Å². The van der Waals surface area contributed by atoms with Gasteiger partial charge in [-0.15, -0.1) is 0 Å². The Balaban J connectivity index is 1.90. The van der Waals surface area contributed by atoms with Gasteiger partial charge in [0.15, 0.2) is 6.61 Å². The molecule has 0 unspecified atom stereocenters. The lowest BCUT2D eigenvalue weighted by Gasteiger charge is -2.07. The molecule has 0 aromatic heterocycles. The Labute approximate surface area is 142 Å². The molecule has 130 valence electrons. The monoisotopic (exact) mass is 345 g/mol. The third-order valence-corrected chi connectivity index (χ3v) is 3.14. The highest BCUT2D eigenvalue weighted by molar-refractivity contribution is 6.01. The van der Waals surface area contributed by atoms with E-state index in [2.05, 4.69) is 10.5 Å². The van der Waals surface area contributed by atoms with Gasteiger partial charge in [0.2, 0.25) is 0 Å². The van der Waals surface area contributed by atoms with Crippen LogP contribution in [0.1, 0.15) is 12.5 Å². The van der Waals surface area contributed by atoms with E-state index in [0.717, 1.165) is 6.07 Å². The molecule has 0 fully saturated rings. The third kappa shape index (κ3) is 4.93. The second-order valence-electron chi connectivity index (χ2n) is 4.97. The maximum atomic E-state index is 11.7. The van der Waals surface area contributed by atoms with Crippen LogP contribution in [-0.2, 0) is 4.79 Å². The number of hydrazone groups is 1. The van der Waals surface area contributed by atoms with Crippen molar-refractivity contribution >= 4 is 17.3 Å². The Kier molecular flexibility index (Phi) is 5.51. The minimum absolute atomic E-state index is 0.0780. The molecular formula is C16H15N3O6. The van der Waals surface area contributed by atoms with Crippen molar-refractivity contribution in [2.24, 2.45) is 5.10 Å². The average molecular weight is 345 g/mol. The van der Waals surface area contributed by atoms with E-state index >= 15 is 0 Å².